The standard InChI is InChI=1S/C11H15N3O4S2/c1-8(2)12-11-13-20(17,18)10-7-5-4-6-9(10)14(11)19(3,15)16/h4-8H,1-3H3,(H,12,13). The van der Waals surface area contributed by atoms with E-state index in [0.717, 1.165) is 10.6 Å². The molecule has 1 aliphatic rings. The average molecular weight is 317 g/mol. The Morgan fingerprint density at radius 1 is 1.25 bits per heavy atom. The minimum Gasteiger partial charge on any atom is -0.248 e. The molecule has 1 N–H and O–H groups in total. The van der Waals surface area contributed by atoms with Crippen molar-refractivity contribution in [2.75, 3.05) is 10.6 Å². The van der Waals surface area contributed by atoms with Crippen molar-refractivity contribution < 1.29 is 16.8 Å². The molecule has 1 aromatic carbocycles. The van der Waals surface area contributed by atoms with Crippen molar-refractivity contribution >= 4 is 31.7 Å². The van der Waals surface area contributed by atoms with E-state index < -0.39 is 20.0 Å². The van der Waals surface area contributed by atoms with Crippen molar-refractivity contribution in [1.29, 1.82) is 0 Å². The maximum Gasteiger partial charge on any atom is 0.266 e. The van der Waals surface area contributed by atoms with Crippen LogP contribution in [0.25, 0.3) is 0 Å². The lowest BCUT2D eigenvalue weighted by Gasteiger charge is -2.30. The molecule has 0 radical (unpaired) electrons. The number of benzene rings is 1. The van der Waals surface area contributed by atoms with Crippen LogP contribution in [-0.4, -0.2) is 35.1 Å². The van der Waals surface area contributed by atoms with Gasteiger partial charge in [-0.25, -0.2) is 30.9 Å². The van der Waals surface area contributed by atoms with Crippen molar-refractivity contribution in [3.8, 4) is 0 Å². The van der Waals surface area contributed by atoms with Crippen molar-refractivity contribution in [3.05, 3.63) is 24.3 Å². The summed E-state index contributed by atoms with van der Waals surface area (Å²) in [6, 6.07) is 5.63. The van der Waals surface area contributed by atoms with Gasteiger partial charge in [0.1, 0.15) is 4.90 Å². The van der Waals surface area contributed by atoms with Gasteiger partial charge in [0, 0.05) is 6.04 Å². The second-order valence-electron chi connectivity index (χ2n) is 4.65. The summed E-state index contributed by atoms with van der Waals surface area (Å²) in [5.41, 5.74) is 0.0770. The number of para-hydroxylation sites is 1. The first kappa shape index (κ1) is 14.8. The van der Waals surface area contributed by atoms with E-state index in [1.807, 2.05) is 0 Å². The maximum absolute atomic E-state index is 12.1. The summed E-state index contributed by atoms with van der Waals surface area (Å²) in [7, 11) is -7.53. The van der Waals surface area contributed by atoms with Gasteiger partial charge in [-0.05, 0) is 26.0 Å². The zero-order chi connectivity index (χ0) is 15.1. The van der Waals surface area contributed by atoms with Gasteiger partial charge in [0.2, 0.25) is 16.0 Å². The van der Waals surface area contributed by atoms with Crippen molar-refractivity contribution in [2.45, 2.75) is 24.8 Å². The summed E-state index contributed by atoms with van der Waals surface area (Å²) in [4.78, 5) is 3.96. The fourth-order valence-corrected chi connectivity index (χ4v) is 4.07. The highest BCUT2D eigenvalue weighted by atomic mass is 32.2. The molecule has 1 heterocycles. The molecule has 0 saturated heterocycles. The Bertz CT molecular complexity index is 767. The second kappa shape index (κ2) is 4.74. The molecule has 0 bridgehead atoms. The first-order valence-corrected chi connectivity index (χ1v) is 9.16. The van der Waals surface area contributed by atoms with Crippen molar-refractivity contribution in [3.63, 3.8) is 0 Å². The summed E-state index contributed by atoms with van der Waals surface area (Å²) in [5.74, 6) is -0.207. The Labute approximate surface area is 118 Å². The third-order valence-electron chi connectivity index (χ3n) is 2.50. The number of nitrogens with zero attached hydrogens (tertiary/aromatic N) is 2. The van der Waals surface area contributed by atoms with Gasteiger partial charge in [0.25, 0.3) is 10.0 Å². The van der Waals surface area contributed by atoms with E-state index in [-0.39, 0.29) is 22.6 Å². The monoisotopic (exact) mass is 317 g/mol. The third kappa shape index (κ3) is 2.63. The average Bonchev–Trinajstić information content (AvgIpc) is 2.25. The number of rotatable bonds is 2. The molecule has 0 fully saturated rings. The molecule has 0 spiro atoms. The van der Waals surface area contributed by atoms with Gasteiger partial charge >= 0.3 is 0 Å². The summed E-state index contributed by atoms with van der Waals surface area (Å²) in [5, 5.41) is 0. The number of fused-ring (bicyclic) bond motifs is 1. The molecule has 0 unspecified atom stereocenters. The minimum absolute atomic E-state index is 0.0770. The maximum atomic E-state index is 12.1. The van der Waals surface area contributed by atoms with Crippen LogP contribution in [-0.2, 0) is 20.0 Å². The summed E-state index contributed by atoms with van der Waals surface area (Å²) >= 11 is 0. The highest BCUT2D eigenvalue weighted by Gasteiger charge is 2.37. The number of sulfonamides is 2. The SMILES string of the molecule is CC(C)N=C1NS(=O)(=O)c2ccccc2N1S(C)(=O)=O. The van der Waals surface area contributed by atoms with Gasteiger partial charge in [-0.15, -0.1) is 0 Å². The highest BCUT2D eigenvalue weighted by Crippen LogP contribution is 2.30. The zero-order valence-corrected chi connectivity index (χ0v) is 12.9. The van der Waals surface area contributed by atoms with E-state index in [2.05, 4.69) is 9.71 Å². The van der Waals surface area contributed by atoms with E-state index in [9.17, 15) is 16.8 Å². The molecule has 0 aliphatic carbocycles. The fourth-order valence-electron chi connectivity index (χ4n) is 1.84. The molecule has 0 amide bonds. The number of guanidine groups is 1. The minimum atomic E-state index is -3.82. The van der Waals surface area contributed by atoms with E-state index >= 15 is 0 Å². The molecule has 2 rings (SSSR count). The van der Waals surface area contributed by atoms with Crippen molar-refractivity contribution in [1.82, 2.24) is 4.72 Å². The smallest absolute Gasteiger partial charge is 0.248 e. The molecule has 110 valence electrons. The van der Waals surface area contributed by atoms with Crippen molar-refractivity contribution in [2.24, 2.45) is 4.99 Å². The Kier molecular flexibility index (Phi) is 3.51. The molecule has 0 saturated carbocycles. The summed E-state index contributed by atoms with van der Waals surface area (Å²) in [6.07, 6.45) is 0.999. The van der Waals surface area contributed by atoms with E-state index in [1.54, 1.807) is 19.9 Å². The predicted molar refractivity (Wildman–Crippen MR) is 76.7 cm³/mol. The van der Waals surface area contributed by atoms with Crippen LogP contribution in [0.2, 0.25) is 0 Å². The summed E-state index contributed by atoms with van der Waals surface area (Å²) < 4.78 is 51.3. The lowest BCUT2D eigenvalue weighted by atomic mass is 10.3. The number of anilines is 1. The Balaban J connectivity index is 2.79. The first-order chi connectivity index (χ1) is 9.13. The van der Waals surface area contributed by atoms with Crippen LogP contribution >= 0.6 is 0 Å². The lowest BCUT2D eigenvalue weighted by Crippen LogP contribution is -2.51. The van der Waals surface area contributed by atoms with Crippen LogP contribution in [0.15, 0.2) is 34.2 Å². The fraction of sp³-hybridized carbons (Fsp3) is 0.364. The van der Waals surface area contributed by atoms with Crippen LogP contribution in [0.4, 0.5) is 5.69 Å². The highest BCUT2D eigenvalue weighted by molar-refractivity contribution is 7.94. The second-order valence-corrected chi connectivity index (χ2v) is 8.13. The van der Waals surface area contributed by atoms with Crippen LogP contribution in [0.1, 0.15) is 13.8 Å². The zero-order valence-electron chi connectivity index (χ0n) is 11.2. The van der Waals surface area contributed by atoms with Crippen LogP contribution in [0.3, 0.4) is 0 Å². The number of aliphatic imine (C=N–C) groups is 1. The van der Waals surface area contributed by atoms with Crippen LogP contribution < -0.4 is 9.03 Å². The van der Waals surface area contributed by atoms with E-state index in [4.69, 9.17) is 0 Å². The molecule has 7 nitrogen and oxygen atoms in total. The van der Waals surface area contributed by atoms with Crippen LogP contribution in [0, 0.1) is 0 Å². The number of hydrogen-bond acceptors (Lipinski definition) is 5. The number of hydrogen-bond donors (Lipinski definition) is 1. The quantitative estimate of drug-likeness (QED) is 0.859. The molecular formula is C11H15N3O4S2. The Morgan fingerprint density at radius 2 is 1.85 bits per heavy atom. The van der Waals surface area contributed by atoms with Gasteiger partial charge in [-0.1, -0.05) is 12.1 Å². The topological polar surface area (TPSA) is 95.9 Å². The lowest BCUT2D eigenvalue weighted by molar-refractivity contribution is 0.589. The van der Waals surface area contributed by atoms with E-state index in [1.165, 1.54) is 18.2 Å². The molecule has 20 heavy (non-hydrogen) atoms. The normalized spacial score (nSPS) is 19.8. The predicted octanol–water partition coefficient (Wildman–Crippen LogP) is 0.509. The van der Waals surface area contributed by atoms with Gasteiger partial charge < -0.3 is 0 Å². The molecular weight excluding hydrogens is 302 g/mol. The molecule has 1 aliphatic heterocycles. The largest absolute Gasteiger partial charge is 0.266 e. The third-order valence-corrected chi connectivity index (χ3v) is 4.91. The Morgan fingerprint density at radius 3 is 2.40 bits per heavy atom. The first-order valence-electron chi connectivity index (χ1n) is 5.83. The van der Waals surface area contributed by atoms with Gasteiger partial charge in [-0.2, -0.15) is 0 Å². The Hall–Kier alpha value is -1.61. The summed E-state index contributed by atoms with van der Waals surface area (Å²) in [6.45, 7) is 3.45. The van der Waals surface area contributed by atoms with Gasteiger partial charge in [-0.3, -0.25) is 0 Å². The molecule has 9 heteroatoms. The molecule has 0 aromatic heterocycles. The molecule has 0 atom stereocenters. The van der Waals surface area contributed by atoms with Crippen LogP contribution in [0.5, 0.6) is 0 Å². The van der Waals surface area contributed by atoms with Gasteiger partial charge in [0.15, 0.2) is 0 Å². The number of nitrogens with one attached hydrogen (secondary N) is 1. The van der Waals surface area contributed by atoms with Gasteiger partial charge in [0.05, 0.1) is 11.9 Å². The molecule has 1 aromatic rings. The van der Waals surface area contributed by atoms with E-state index in [0.29, 0.717) is 0 Å².